The number of para-hydroxylation sites is 4. The number of fused-ring (bicyclic) bond motifs is 13. The third-order valence-electron chi connectivity index (χ3n) is 13.9. The van der Waals surface area contributed by atoms with Gasteiger partial charge in [0.25, 0.3) is 5.56 Å². The molecule has 292 valence electrons. The first-order valence-corrected chi connectivity index (χ1v) is 21.3. The average molecular weight is 794 g/mol. The smallest absolute Gasteiger partial charge is 0.263 e. The van der Waals surface area contributed by atoms with E-state index < -0.39 is 0 Å². The summed E-state index contributed by atoms with van der Waals surface area (Å²) in [5, 5.41) is 8.06. The van der Waals surface area contributed by atoms with Gasteiger partial charge in [-0.15, -0.1) is 0 Å². The van der Waals surface area contributed by atoms with Gasteiger partial charge in [0, 0.05) is 60.1 Å². The lowest BCUT2D eigenvalue weighted by atomic mass is 9.78. The molecule has 4 heteroatoms. The molecule has 12 aromatic rings. The molecule has 0 fully saturated rings. The standard InChI is InChI=1S/C58H39N3O/c1-5-37-38(6-2)57(62)61-52-31-26-34(32-48(52)45-23-15-22-44(37)54(45)61)39-20-14-21-43-40-28-27-36(33-49(40)58(3,4)53(39)43)60-51-25-13-11-19-42(51)47-30-29-46-41-18-10-12-24-50(41)59(55(46)56(47)60)35-16-8-7-9-17-35/h5-33H,1-2H2,3-4H3. The molecule has 8 aromatic carbocycles. The maximum atomic E-state index is 14.0. The summed E-state index contributed by atoms with van der Waals surface area (Å²) >= 11 is 0. The fraction of sp³-hybridized carbons (Fsp3) is 0.0517. The lowest BCUT2D eigenvalue weighted by molar-refractivity contribution is 0.661. The molecule has 0 saturated heterocycles. The fourth-order valence-electron chi connectivity index (χ4n) is 11.3. The molecule has 0 saturated carbocycles. The Morgan fingerprint density at radius 3 is 1.76 bits per heavy atom. The molecular formula is C58H39N3O. The predicted octanol–water partition coefficient (Wildman–Crippen LogP) is 14.5. The molecule has 0 radical (unpaired) electrons. The summed E-state index contributed by atoms with van der Waals surface area (Å²) in [4.78, 5) is 14.0. The maximum Gasteiger partial charge on any atom is 0.263 e. The molecule has 0 N–H and O–H groups in total. The largest absolute Gasteiger partial charge is 0.307 e. The Balaban J connectivity index is 1.03. The highest BCUT2D eigenvalue weighted by molar-refractivity contribution is 6.24. The van der Waals surface area contributed by atoms with E-state index in [4.69, 9.17) is 0 Å². The molecule has 0 amide bonds. The Morgan fingerprint density at radius 2 is 1.05 bits per heavy atom. The molecule has 1 aliphatic rings. The zero-order valence-electron chi connectivity index (χ0n) is 34.4. The van der Waals surface area contributed by atoms with E-state index in [0.717, 1.165) is 49.7 Å². The van der Waals surface area contributed by atoms with Gasteiger partial charge in [-0.25, -0.2) is 0 Å². The van der Waals surface area contributed by atoms with Crippen molar-refractivity contribution in [3.8, 4) is 33.6 Å². The maximum absolute atomic E-state index is 14.0. The van der Waals surface area contributed by atoms with Crippen LogP contribution in [-0.2, 0) is 5.41 Å². The lowest BCUT2D eigenvalue weighted by Crippen LogP contribution is -2.17. The van der Waals surface area contributed by atoms with E-state index in [1.807, 2.05) is 4.40 Å². The van der Waals surface area contributed by atoms with Crippen molar-refractivity contribution in [1.82, 2.24) is 13.5 Å². The highest BCUT2D eigenvalue weighted by atomic mass is 16.1. The Bertz CT molecular complexity index is 4000. The van der Waals surface area contributed by atoms with Gasteiger partial charge in [-0.3, -0.25) is 9.20 Å². The van der Waals surface area contributed by atoms with Crippen molar-refractivity contribution in [2.75, 3.05) is 0 Å². The van der Waals surface area contributed by atoms with E-state index in [2.05, 4.69) is 200 Å². The van der Waals surface area contributed by atoms with Crippen LogP contribution in [0.2, 0.25) is 0 Å². The van der Waals surface area contributed by atoms with Gasteiger partial charge in [0.05, 0.1) is 33.1 Å². The van der Waals surface area contributed by atoms with Crippen LogP contribution in [0, 0.1) is 0 Å². The van der Waals surface area contributed by atoms with Crippen LogP contribution < -0.4 is 5.56 Å². The van der Waals surface area contributed by atoms with Crippen LogP contribution in [-0.4, -0.2) is 13.5 Å². The zero-order valence-corrected chi connectivity index (χ0v) is 34.4. The van der Waals surface area contributed by atoms with Gasteiger partial charge < -0.3 is 9.13 Å². The van der Waals surface area contributed by atoms with E-state index in [0.29, 0.717) is 5.56 Å². The van der Waals surface area contributed by atoms with Crippen LogP contribution in [0.25, 0.3) is 117 Å². The second kappa shape index (κ2) is 12.3. The first-order valence-electron chi connectivity index (χ1n) is 21.3. The van der Waals surface area contributed by atoms with Crippen molar-refractivity contribution in [3.05, 3.63) is 210 Å². The number of hydrogen-bond donors (Lipinski definition) is 0. The second-order valence-electron chi connectivity index (χ2n) is 17.3. The third kappa shape index (κ3) is 4.33. The Labute approximate surface area is 357 Å². The highest BCUT2D eigenvalue weighted by Crippen LogP contribution is 2.53. The summed E-state index contributed by atoms with van der Waals surface area (Å²) in [7, 11) is 0. The summed E-state index contributed by atoms with van der Waals surface area (Å²) in [6, 6.07) is 59.7. The summed E-state index contributed by atoms with van der Waals surface area (Å²) < 4.78 is 6.82. The first kappa shape index (κ1) is 34.9. The number of nitrogens with zero attached hydrogens (tertiary/aromatic N) is 3. The number of rotatable bonds is 5. The molecule has 0 bridgehead atoms. The van der Waals surface area contributed by atoms with Gasteiger partial charge in [0.2, 0.25) is 0 Å². The van der Waals surface area contributed by atoms with Gasteiger partial charge >= 0.3 is 0 Å². The molecule has 0 atom stereocenters. The van der Waals surface area contributed by atoms with Crippen molar-refractivity contribution in [2.24, 2.45) is 0 Å². The molecule has 0 unspecified atom stereocenters. The van der Waals surface area contributed by atoms with Gasteiger partial charge in [-0.2, -0.15) is 0 Å². The molecule has 4 nitrogen and oxygen atoms in total. The minimum atomic E-state index is -0.319. The molecule has 1 aliphatic carbocycles. The number of benzene rings is 8. The summed E-state index contributed by atoms with van der Waals surface area (Å²) in [5.41, 5.74) is 17.4. The van der Waals surface area contributed by atoms with E-state index in [1.165, 1.54) is 71.4 Å². The normalized spacial score (nSPS) is 13.3. The first-order chi connectivity index (χ1) is 30.4. The Hall–Kier alpha value is -7.95. The topological polar surface area (TPSA) is 31.3 Å². The summed E-state index contributed by atoms with van der Waals surface area (Å²) in [6.07, 6.45) is 3.44. The van der Waals surface area contributed by atoms with Crippen LogP contribution in [0.15, 0.2) is 182 Å². The molecular weight excluding hydrogens is 755 g/mol. The van der Waals surface area contributed by atoms with Gasteiger partial charge in [-0.05, 0) is 87.5 Å². The van der Waals surface area contributed by atoms with E-state index in [-0.39, 0.29) is 11.0 Å². The zero-order chi connectivity index (χ0) is 41.6. The van der Waals surface area contributed by atoms with E-state index >= 15 is 0 Å². The minimum Gasteiger partial charge on any atom is -0.307 e. The van der Waals surface area contributed by atoms with Gasteiger partial charge in [-0.1, -0.05) is 154 Å². The molecule has 4 heterocycles. The van der Waals surface area contributed by atoms with Crippen molar-refractivity contribution >= 4 is 83.0 Å². The quantitative estimate of drug-likeness (QED) is 0.171. The number of aromatic nitrogens is 3. The highest BCUT2D eigenvalue weighted by Gasteiger charge is 2.38. The third-order valence-corrected chi connectivity index (χ3v) is 13.9. The van der Waals surface area contributed by atoms with Gasteiger partial charge in [0.15, 0.2) is 0 Å². The van der Waals surface area contributed by atoms with Crippen LogP contribution >= 0.6 is 0 Å². The van der Waals surface area contributed by atoms with Crippen molar-refractivity contribution in [1.29, 1.82) is 0 Å². The molecule has 13 rings (SSSR count). The SMILES string of the molecule is C=Cc1c(C=C)c2cccc3c4cc(-c5cccc6c5C(C)(C)c5cc(-n7c8ccccc8c8ccc9c%10ccccc%10n(-c%10ccccc%10)c9c87)ccc5-6)ccc4n(c1=O)c23. The van der Waals surface area contributed by atoms with Crippen LogP contribution in [0.5, 0.6) is 0 Å². The second-order valence-corrected chi connectivity index (χ2v) is 17.3. The monoisotopic (exact) mass is 793 g/mol. The van der Waals surface area contributed by atoms with Gasteiger partial charge in [0.1, 0.15) is 0 Å². The minimum absolute atomic E-state index is 0.0696. The molecule has 0 aliphatic heterocycles. The number of hydrogen-bond acceptors (Lipinski definition) is 1. The van der Waals surface area contributed by atoms with Crippen LogP contribution in [0.3, 0.4) is 0 Å². The van der Waals surface area contributed by atoms with Crippen molar-refractivity contribution < 1.29 is 0 Å². The summed E-state index contributed by atoms with van der Waals surface area (Å²) in [6.45, 7) is 12.8. The van der Waals surface area contributed by atoms with E-state index in [1.54, 1.807) is 12.2 Å². The molecule has 62 heavy (non-hydrogen) atoms. The van der Waals surface area contributed by atoms with Crippen LogP contribution in [0.1, 0.15) is 36.1 Å². The average Bonchev–Trinajstić information content (AvgIpc) is 4.01. The molecule has 4 aromatic heterocycles. The van der Waals surface area contributed by atoms with Crippen LogP contribution in [0.4, 0.5) is 0 Å². The Kier molecular flexibility index (Phi) is 6.92. The summed E-state index contributed by atoms with van der Waals surface area (Å²) in [5.74, 6) is 0. The van der Waals surface area contributed by atoms with Crippen molar-refractivity contribution in [3.63, 3.8) is 0 Å². The predicted molar refractivity (Wildman–Crippen MR) is 262 cm³/mol. The molecule has 0 spiro atoms. The lowest BCUT2D eigenvalue weighted by Gasteiger charge is -2.25. The fourth-order valence-corrected chi connectivity index (χ4v) is 11.3. The van der Waals surface area contributed by atoms with E-state index in [9.17, 15) is 4.79 Å². The number of pyridine rings is 1. The Morgan fingerprint density at radius 1 is 0.452 bits per heavy atom. The van der Waals surface area contributed by atoms with Crippen molar-refractivity contribution in [2.45, 2.75) is 19.3 Å².